The third kappa shape index (κ3) is 3.66. The quantitative estimate of drug-likeness (QED) is 0.693. The highest BCUT2D eigenvalue weighted by Crippen LogP contribution is 2.28. The molecule has 1 aromatic heterocycles. The van der Waals surface area contributed by atoms with E-state index in [1.807, 2.05) is 24.0 Å². The van der Waals surface area contributed by atoms with Crippen molar-refractivity contribution >= 4 is 46.2 Å². The van der Waals surface area contributed by atoms with E-state index in [-0.39, 0.29) is 17.6 Å². The number of halogens is 2. The normalized spacial score (nSPS) is 15.5. The Kier molecular flexibility index (Phi) is 5.28. The lowest BCUT2D eigenvalue weighted by molar-refractivity contribution is 0.0654. The molecule has 6 heteroatoms. The van der Waals surface area contributed by atoms with Crippen molar-refractivity contribution in [2.75, 3.05) is 13.1 Å². The highest BCUT2D eigenvalue weighted by Gasteiger charge is 2.29. The first-order valence-corrected chi connectivity index (χ1v) is 9.38. The molecular weight excluding hydrogens is 365 g/mol. The van der Waals surface area contributed by atoms with E-state index in [4.69, 9.17) is 23.2 Å². The molecule has 0 bridgehead atoms. The van der Waals surface area contributed by atoms with E-state index in [0.29, 0.717) is 41.5 Å². The van der Waals surface area contributed by atoms with Crippen LogP contribution in [-0.2, 0) is 0 Å². The van der Waals surface area contributed by atoms with Gasteiger partial charge in [0.1, 0.15) is 0 Å². The van der Waals surface area contributed by atoms with Crippen molar-refractivity contribution in [1.82, 2.24) is 4.90 Å². The number of rotatable bonds is 3. The molecule has 2 heterocycles. The van der Waals surface area contributed by atoms with Crippen molar-refractivity contribution in [3.05, 3.63) is 55.7 Å². The maximum absolute atomic E-state index is 12.6. The summed E-state index contributed by atoms with van der Waals surface area (Å²) in [5.74, 6) is 0.0672. The van der Waals surface area contributed by atoms with Gasteiger partial charge in [0.15, 0.2) is 5.78 Å². The second-order valence-corrected chi connectivity index (χ2v) is 8.07. The number of aryl methyl sites for hydroxylation is 1. The van der Waals surface area contributed by atoms with Crippen LogP contribution in [-0.4, -0.2) is 29.7 Å². The maximum atomic E-state index is 12.6. The molecule has 0 N–H and O–H groups in total. The molecule has 0 spiro atoms. The van der Waals surface area contributed by atoms with Gasteiger partial charge < -0.3 is 4.90 Å². The van der Waals surface area contributed by atoms with Crippen LogP contribution in [0.4, 0.5) is 0 Å². The van der Waals surface area contributed by atoms with Gasteiger partial charge in [-0.3, -0.25) is 9.59 Å². The molecule has 1 aromatic carbocycles. The Bertz CT molecular complexity index is 779. The Hall–Kier alpha value is -1.36. The third-order valence-corrected chi connectivity index (χ3v) is 6.04. The van der Waals surface area contributed by atoms with E-state index in [1.165, 1.54) is 11.3 Å². The van der Waals surface area contributed by atoms with Crippen LogP contribution in [0.1, 0.15) is 37.7 Å². The first-order valence-electron chi connectivity index (χ1n) is 7.80. The topological polar surface area (TPSA) is 37.4 Å². The number of carbonyl (C=O) groups excluding carboxylic acids is 2. The molecule has 0 unspecified atom stereocenters. The van der Waals surface area contributed by atoms with Crippen LogP contribution in [0.15, 0.2) is 30.3 Å². The maximum Gasteiger partial charge on any atom is 0.263 e. The summed E-state index contributed by atoms with van der Waals surface area (Å²) in [6.45, 7) is 3.20. The highest BCUT2D eigenvalue weighted by molar-refractivity contribution is 7.13. The van der Waals surface area contributed by atoms with Crippen LogP contribution >= 0.6 is 34.5 Å². The molecular formula is C18H17Cl2NO2S. The molecule has 0 saturated carbocycles. The number of nitrogens with zero attached hydrogens (tertiary/aromatic N) is 1. The van der Waals surface area contributed by atoms with Gasteiger partial charge in [0.05, 0.1) is 14.9 Å². The molecule has 1 aliphatic rings. The van der Waals surface area contributed by atoms with Gasteiger partial charge in [-0.05, 0) is 50.1 Å². The second-order valence-electron chi connectivity index (χ2n) is 5.97. The van der Waals surface area contributed by atoms with Gasteiger partial charge in [0.2, 0.25) is 0 Å². The Labute approximate surface area is 155 Å². The number of piperidine rings is 1. The molecule has 1 aliphatic heterocycles. The number of hydrogen-bond donors (Lipinski definition) is 0. The standard InChI is InChI=1S/C18H17Cl2NO2S/c1-11-2-5-16(24-11)18(23)21-8-6-12(7-9-21)17(22)13-3-4-14(19)15(20)10-13/h2-5,10,12H,6-9H2,1H3. The Morgan fingerprint density at radius 3 is 2.38 bits per heavy atom. The first kappa shape index (κ1) is 17.5. The summed E-state index contributed by atoms with van der Waals surface area (Å²) >= 11 is 13.4. The number of likely N-dealkylation sites (tertiary alicyclic amines) is 1. The van der Waals surface area contributed by atoms with Crippen molar-refractivity contribution in [2.24, 2.45) is 5.92 Å². The van der Waals surface area contributed by atoms with Crippen LogP contribution in [0.3, 0.4) is 0 Å². The fourth-order valence-corrected chi connectivity index (χ4v) is 4.07. The molecule has 2 aromatic rings. The minimum Gasteiger partial charge on any atom is -0.338 e. The van der Waals surface area contributed by atoms with Crippen LogP contribution in [0, 0.1) is 12.8 Å². The first-order chi connectivity index (χ1) is 11.5. The Morgan fingerprint density at radius 2 is 1.79 bits per heavy atom. The van der Waals surface area contributed by atoms with Crippen LogP contribution < -0.4 is 0 Å². The van der Waals surface area contributed by atoms with Gasteiger partial charge in [0.25, 0.3) is 5.91 Å². The number of ketones is 1. The number of amides is 1. The van der Waals surface area contributed by atoms with Gasteiger partial charge >= 0.3 is 0 Å². The fraction of sp³-hybridized carbons (Fsp3) is 0.333. The number of Topliss-reactive ketones (excluding diaryl/α,β-unsaturated/α-hetero) is 1. The zero-order valence-electron chi connectivity index (χ0n) is 13.2. The largest absolute Gasteiger partial charge is 0.338 e. The van der Waals surface area contributed by atoms with Gasteiger partial charge in [-0.2, -0.15) is 0 Å². The molecule has 3 rings (SSSR count). The molecule has 24 heavy (non-hydrogen) atoms. The molecule has 1 amide bonds. The van der Waals surface area contributed by atoms with Crippen molar-refractivity contribution in [3.63, 3.8) is 0 Å². The number of benzene rings is 1. The lowest BCUT2D eigenvalue weighted by Crippen LogP contribution is -2.40. The Balaban J connectivity index is 1.63. The van der Waals surface area contributed by atoms with E-state index >= 15 is 0 Å². The van der Waals surface area contributed by atoms with Crippen molar-refractivity contribution < 1.29 is 9.59 Å². The lowest BCUT2D eigenvalue weighted by Gasteiger charge is -2.31. The average Bonchev–Trinajstić information content (AvgIpc) is 3.02. The fourth-order valence-electron chi connectivity index (χ4n) is 2.94. The van der Waals surface area contributed by atoms with E-state index < -0.39 is 0 Å². The van der Waals surface area contributed by atoms with E-state index in [2.05, 4.69) is 0 Å². The van der Waals surface area contributed by atoms with E-state index in [0.717, 1.165) is 9.75 Å². The van der Waals surface area contributed by atoms with Gasteiger partial charge in [-0.1, -0.05) is 23.2 Å². The zero-order chi connectivity index (χ0) is 17.3. The monoisotopic (exact) mass is 381 g/mol. The van der Waals surface area contributed by atoms with Crippen molar-refractivity contribution in [3.8, 4) is 0 Å². The van der Waals surface area contributed by atoms with Crippen LogP contribution in [0.2, 0.25) is 10.0 Å². The van der Waals surface area contributed by atoms with E-state index in [9.17, 15) is 9.59 Å². The van der Waals surface area contributed by atoms with Gasteiger partial charge in [-0.25, -0.2) is 0 Å². The van der Waals surface area contributed by atoms with Crippen LogP contribution in [0.5, 0.6) is 0 Å². The minimum atomic E-state index is -0.0728. The van der Waals surface area contributed by atoms with Crippen LogP contribution in [0.25, 0.3) is 0 Å². The highest BCUT2D eigenvalue weighted by atomic mass is 35.5. The van der Waals surface area contributed by atoms with Gasteiger partial charge in [0, 0.05) is 29.4 Å². The Morgan fingerprint density at radius 1 is 1.08 bits per heavy atom. The number of hydrogen-bond acceptors (Lipinski definition) is 3. The molecule has 0 aliphatic carbocycles. The number of thiophene rings is 1. The molecule has 3 nitrogen and oxygen atoms in total. The smallest absolute Gasteiger partial charge is 0.263 e. The predicted octanol–water partition coefficient (Wildman–Crippen LogP) is 5.10. The zero-order valence-corrected chi connectivity index (χ0v) is 15.5. The van der Waals surface area contributed by atoms with Gasteiger partial charge in [-0.15, -0.1) is 11.3 Å². The van der Waals surface area contributed by atoms with Crippen molar-refractivity contribution in [1.29, 1.82) is 0 Å². The summed E-state index contributed by atoms with van der Waals surface area (Å²) in [6, 6.07) is 8.81. The SMILES string of the molecule is Cc1ccc(C(=O)N2CCC(C(=O)c3ccc(Cl)c(Cl)c3)CC2)s1. The minimum absolute atomic E-state index is 0.0635. The summed E-state index contributed by atoms with van der Waals surface area (Å²) in [5.41, 5.74) is 0.586. The molecule has 0 radical (unpaired) electrons. The van der Waals surface area contributed by atoms with E-state index in [1.54, 1.807) is 18.2 Å². The molecule has 126 valence electrons. The summed E-state index contributed by atoms with van der Waals surface area (Å²) in [6.07, 6.45) is 1.35. The summed E-state index contributed by atoms with van der Waals surface area (Å²) in [5, 5.41) is 0.836. The molecule has 0 atom stereocenters. The molecule has 1 fully saturated rings. The third-order valence-electron chi connectivity index (χ3n) is 4.31. The summed E-state index contributed by atoms with van der Waals surface area (Å²) in [4.78, 5) is 28.8. The average molecular weight is 382 g/mol. The number of carbonyl (C=O) groups is 2. The molecule has 1 saturated heterocycles. The summed E-state index contributed by atoms with van der Waals surface area (Å²) in [7, 11) is 0. The summed E-state index contributed by atoms with van der Waals surface area (Å²) < 4.78 is 0. The predicted molar refractivity (Wildman–Crippen MR) is 98.5 cm³/mol. The van der Waals surface area contributed by atoms with Crippen molar-refractivity contribution in [2.45, 2.75) is 19.8 Å². The lowest BCUT2D eigenvalue weighted by atomic mass is 9.89. The second kappa shape index (κ2) is 7.26.